The minimum atomic E-state index is -1.23. The first-order chi connectivity index (χ1) is 10.1. The van der Waals surface area contributed by atoms with Gasteiger partial charge in [0.2, 0.25) is 0 Å². The summed E-state index contributed by atoms with van der Waals surface area (Å²) in [7, 11) is 0. The van der Waals surface area contributed by atoms with Crippen LogP contribution >= 0.6 is 0 Å². The predicted molar refractivity (Wildman–Crippen MR) is 79.9 cm³/mol. The van der Waals surface area contributed by atoms with Gasteiger partial charge in [-0.25, -0.2) is 0 Å². The fourth-order valence-electron chi connectivity index (χ4n) is 2.67. The summed E-state index contributed by atoms with van der Waals surface area (Å²) in [6.07, 6.45) is -4.86. The van der Waals surface area contributed by atoms with Gasteiger partial charge < -0.3 is 25.4 Å². The summed E-state index contributed by atoms with van der Waals surface area (Å²) in [5.41, 5.74) is 0.813. The van der Waals surface area contributed by atoms with Gasteiger partial charge in [0, 0.05) is 11.1 Å². The molecular formula is C16H19NO4. The molecule has 5 nitrogen and oxygen atoms in total. The second-order valence-corrected chi connectivity index (χ2v) is 5.40. The van der Waals surface area contributed by atoms with Gasteiger partial charge in [-0.05, 0) is 18.4 Å². The Morgan fingerprint density at radius 3 is 2.43 bits per heavy atom. The third-order valence-electron chi connectivity index (χ3n) is 3.94. The second-order valence-electron chi connectivity index (χ2n) is 5.40. The molecule has 2 aromatic rings. The maximum atomic E-state index is 10.1. The molecule has 21 heavy (non-hydrogen) atoms. The quantitative estimate of drug-likeness (QED) is 0.665. The molecule has 5 atom stereocenters. The van der Waals surface area contributed by atoms with Gasteiger partial charge in [-0.1, -0.05) is 36.4 Å². The maximum absolute atomic E-state index is 10.1. The highest BCUT2D eigenvalue weighted by Crippen LogP contribution is 2.27. The Bertz CT molecular complexity index is 627. The van der Waals surface area contributed by atoms with Gasteiger partial charge in [0.1, 0.15) is 18.3 Å². The van der Waals surface area contributed by atoms with Gasteiger partial charge >= 0.3 is 0 Å². The van der Waals surface area contributed by atoms with Crippen molar-refractivity contribution in [2.75, 3.05) is 5.32 Å². The molecule has 0 aliphatic carbocycles. The van der Waals surface area contributed by atoms with E-state index >= 15 is 0 Å². The number of rotatable bonds is 2. The summed E-state index contributed by atoms with van der Waals surface area (Å²) in [6.45, 7) is 1.66. The van der Waals surface area contributed by atoms with Crippen molar-refractivity contribution in [3.8, 4) is 0 Å². The molecule has 2 aromatic carbocycles. The number of aliphatic hydroxyl groups is 3. The molecule has 1 fully saturated rings. The minimum Gasteiger partial charge on any atom is -0.388 e. The van der Waals surface area contributed by atoms with Crippen molar-refractivity contribution >= 4 is 16.5 Å². The highest BCUT2D eigenvalue weighted by Gasteiger charge is 2.41. The number of fused-ring (bicyclic) bond motifs is 1. The largest absolute Gasteiger partial charge is 0.388 e. The van der Waals surface area contributed by atoms with Gasteiger partial charge in [0.15, 0.2) is 6.23 Å². The molecule has 0 aromatic heterocycles. The monoisotopic (exact) mass is 289 g/mol. The summed E-state index contributed by atoms with van der Waals surface area (Å²) in [5.74, 6) is 0. The molecule has 1 heterocycles. The van der Waals surface area contributed by atoms with Crippen LogP contribution in [0.4, 0.5) is 5.69 Å². The molecule has 0 spiro atoms. The molecule has 0 amide bonds. The summed E-state index contributed by atoms with van der Waals surface area (Å²) < 4.78 is 5.56. The highest BCUT2D eigenvalue weighted by molar-refractivity contribution is 5.93. The molecule has 1 saturated heterocycles. The van der Waals surface area contributed by atoms with E-state index in [1.54, 1.807) is 6.92 Å². The van der Waals surface area contributed by atoms with Gasteiger partial charge in [0.05, 0.1) is 6.10 Å². The first-order valence-electron chi connectivity index (χ1n) is 7.02. The van der Waals surface area contributed by atoms with Gasteiger partial charge in [0.25, 0.3) is 0 Å². The molecule has 112 valence electrons. The normalized spacial score (nSPS) is 33.0. The third-order valence-corrected chi connectivity index (χ3v) is 3.94. The topological polar surface area (TPSA) is 82.0 Å². The first-order valence-corrected chi connectivity index (χ1v) is 7.02. The zero-order valence-corrected chi connectivity index (χ0v) is 11.7. The van der Waals surface area contributed by atoms with Gasteiger partial charge in [-0.2, -0.15) is 0 Å². The maximum Gasteiger partial charge on any atom is 0.157 e. The van der Waals surface area contributed by atoms with Crippen molar-refractivity contribution in [1.82, 2.24) is 0 Å². The molecule has 0 unspecified atom stereocenters. The molecule has 1 aliphatic rings. The smallest absolute Gasteiger partial charge is 0.157 e. The number of nitrogens with one attached hydrogen (secondary N) is 1. The average Bonchev–Trinajstić information content (AvgIpc) is 2.51. The Morgan fingerprint density at radius 2 is 1.62 bits per heavy atom. The lowest BCUT2D eigenvalue weighted by Gasteiger charge is -2.40. The van der Waals surface area contributed by atoms with Crippen LogP contribution in [0.5, 0.6) is 0 Å². The van der Waals surface area contributed by atoms with Crippen LogP contribution in [0.25, 0.3) is 10.8 Å². The Hall–Kier alpha value is -1.66. The highest BCUT2D eigenvalue weighted by atomic mass is 16.5. The first kappa shape index (κ1) is 14.3. The number of aliphatic hydroxyl groups excluding tert-OH is 3. The van der Waals surface area contributed by atoms with Gasteiger partial charge in [-0.3, -0.25) is 0 Å². The predicted octanol–water partition coefficient (Wildman–Crippen LogP) is 1.08. The molecule has 3 rings (SSSR count). The molecule has 0 bridgehead atoms. The summed E-state index contributed by atoms with van der Waals surface area (Å²) in [4.78, 5) is 0. The fraction of sp³-hybridized carbons (Fsp3) is 0.375. The molecule has 4 N–H and O–H groups in total. The Balaban J connectivity index is 1.88. The Kier molecular flexibility index (Phi) is 3.82. The fourth-order valence-corrected chi connectivity index (χ4v) is 2.67. The lowest BCUT2D eigenvalue weighted by Crippen LogP contribution is -2.58. The van der Waals surface area contributed by atoms with E-state index in [0.717, 1.165) is 16.5 Å². The van der Waals surface area contributed by atoms with Crippen LogP contribution < -0.4 is 5.32 Å². The Labute approximate surface area is 122 Å². The number of hydrogen-bond acceptors (Lipinski definition) is 5. The van der Waals surface area contributed by atoms with E-state index in [-0.39, 0.29) is 0 Å². The van der Waals surface area contributed by atoms with Crippen LogP contribution in [0.15, 0.2) is 42.5 Å². The van der Waals surface area contributed by atoms with Crippen molar-refractivity contribution in [3.05, 3.63) is 42.5 Å². The van der Waals surface area contributed by atoms with E-state index in [1.807, 2.05) is 42.5 Å². The van der Waals surface area contributed by atoms with Crippen LogP contribution in [0.1, 0.15) is 6.92 Å². The van der Waals surface area contributed by atoms with E-state index < -0.39 is 30.6 Å². The van der Waals surface area contributed by atoms with Crippen LogP contribution in [0.2, 0.25) is 0 Å². The summed E-state index contributed by atoms with van der Waals surface area (Å²) >= 11 is 0. The van der Waals surface area contributed by atoms with E-state index in [1.165, 1.54) is 0 Å². The van der Waals surface area contributed by atoms with Crippen molar-refractivity contribution in [2.24, 2.45) is 0 Å². The molecule has 0 saturated carbocycles. The number of anilines is 1. The second kappa shape index (κ2) is 5.61. The minimum absolute atomic E-state index is 0.559. The average molecular weight is 289 g/mol. The molecule has 0 radical (unpaired) electrons. The van der Waals surface area contributed by atoms with E-state index in [0.29, 0.717) is 0 Å². The molecule has 5 heteroatoms. The number of hydrogen-bond donors (Lipinski definition) is 4. The standard InChI is InChI=1S/C16H19NO4/c1-9-13(18)14(19)15(20)16(21-9)17-12-8-4-6-10-5-2-3-7-11(10)12/h2-9,13-20H,1H3/t9-,13-,14-,15-,16+/m0/s1. The Morgan fingerprint density at radius 1 is 0.905 bits per heavy atom. The van der Waals surface area contributed by atoms with Crippen molar-refractivity contribution < 1.29 is 20.1 Å². The molecular weight excluding hydrogens is 270 g/mol. The SMILES string of the molecule is C[C@@H]1O[C@@H](Nc2cccc3ccccc23)[C@@H](O)[C@@H](O)[C@H]1O. The number of ether oxygens (including phenoxy) is 1. The van der Waals surface area contributed by atoms with Crippen LogP contribution in [-0.4, -0.2) is 46.0 Å². The van der Waals surface area contributed by atoms with E-state index in [4.69, 9.17) is 4.74 Å². The third kappa shape index (κ3) is 2.61. The lowest BCUT2D eigenvalue weighted by atomic mass is 9.98. The number of benzene rings is 2. The van der Waals surface area contributed by atoms with Crippen molar-refractivity contribution in [1.29, 1.82) is 0 Å². The lowest BCUT2D eigenvalue weighted by molar-refractivity contribution is -0.209. The van der Waals surface area contributed by atoms with E-state index in [9.17, 15) is 15.3 Å². The van der Waals surface area contributed by atoms with Crippen LogP contribution in [0, 0.1) is 0 Å². The van der Waals surface area contributed by atoms with Gasteiger partial charge in [-0.15, -0.1) is 0 Å². The van der Waals surface area contributed by atoms with E-state index in [2.05, 4.69) is 5.32 Å². The summed E-state index contributed by atoms with van der Waals surface area (Å²) in [5, 5.41) is 34.8. The van der Waals surface area contributed by atoms with Crippen LogP contribution in [-0.2, 0) is 4.74 Å². The van der Waals surface area contributed by atoms with Crippen molar-refractivity contribution in [2.45, 2.75) is 37.6 Å². The zero-order chi connectivity index (χ0) is 15.0. The zero-order valence-electron chi connectivity index (χ0n) is 11.7. The van der Waals surface area contributed by atoms with Crippen molar-refractivity contribution in [3.63, 3.8) is 0 Å². The van der Waals surface area contributed by atoms with Crippen LogP contribution in [0.3, 0.4) is 0 Å². The molecule has 1 aliphatic heterocycles. The summed E-state index contributed by atoms with van der Waals surface area (Å²) in [6, 6.07) is 13.7.